The van der Waals surface area contributed by atoms with E-state index in [2.05, 4.69) is 190 Å². The summed E-state index contributed by atoms with van der Waals surface area (Å²) in [5.41, 5.74) is 7.04. The number of anilines is 3. The van der Waals surface area contributed by atoms with Crippen molar-refractivity contribution in [2.45, 2.75) is 191 Å². The lowest BCUT2D eigenvalue weighted by Crippen LogP contribution is -2.29. The quantitative estimate of drug-likeness (QED) is 0.117. The van der Waals surface area contributed by atoms with Gasteiger partial charge in [0.15, 0.2) is 0 Å². The molecule has 0 radical (unpaired) electrons. The van der Waals surface area contributed by atoms with E-state index in [-0.39, 0.29) is 32.5 Å². The zero-order valence-corrected chi connectivity index (χ0v) is 41.6. The van der Waals surface area contributed by atoms with E-state index in [1.54, 1.807) is 0 Å². The SMILES string of the molecule is CCN(Cc1cc(C(C)(C)C)c(O)c(C(C)(C)C)c1)c1nc(NCc2cc(C(C)(C)C)c(O)c(C(C)(C)C)c2)nc(N(CC)Cc2cc(C(C)(C)C)c(O)c(C(C)(C)C)c2)n1. The molecule has 0 aliphatic heterocycles. The number of aromatic nitrogens is 3. The van der Waals surface area contributed by atoms with Gasteiger partial charge in [-0.25, -0.2) is 0 Å². The number of phenols is 3. The van der Waals surface area contributed by atoms with Crippen molar-refractivity contribution in [1.29, 1.82) is 0 Å². The van der Waals surface area contributed by atoms with Gasteiger partial charge in [0.1, 0.15) is 17.2 Å². The topological polar surface area (TPSA) is 118 Å². The minimum absolute atomic E-state index is 0.265. The Morgan fingerprint density at radius 3 is 0.885 bits per heavy atom. The molecule has 0 bridgehead atoms. The summed E-state index contributed by atoms with van der Waals surface area (Å²) in [6, 6.07) is 12.7. The van der Waals surface area contributed by atoms with Gasteiger partial charge in [-0.3, -0.25) is 0 Å². The Hall–Kier alpha value is -4.53. The third-order valence-electron chi connectivity index (χ3n) is 11.5. The first-order valence-electron chi connectivity index (χ1n) is 22.3. The van der Waals surface area contributed by atoms with Crippen LogP contribution in [0, 0.1) is 0 Å². The van der Waals surface area contributed by atoms with Crippen LogP contribution in [-0.2, 0) is 52.1 Å². The molecule has 61 heavy (non-hydrogen) atoms. The van der Waals surface area contributed by atoms with Crippen molar-refractivity contribution in [3.63, 3.8) is 0 Å². The summed E-state index contributed by atoms with van der Waals surface area (Å²) in [7, 11) is 0. The zero-order chi connectivity index (χ0) is 46.4. The molecule has 0 aliphatic carbocycles. The van der Waals surface area contributed by atoms with Crippen LogP contribution in [0.25, 0.3) is 0 Å². The van der Waals surface area contributed by atoms with E-state index in [0.29, 0.717) is 67.8 Å². The molecule has 0 unspecified atom stereocenters. The molecule has 0 fully saturated rings. The minimum Gasteiger partial charge on any atom is -0.507 e. The Balaban J connectivity index is 1.91. The Morgan fingerprint density at radius 2 is 0.656 bits per heavy atom. The zero-order valence-electron chi connectivity index (χ0n) is 41.6. The molecule has 4 rings (SSSR count). The molecule has 0 saturated heterocycles. The monoisotopic (exact) mass is 837 g/mol. The third-order valence-corrected chi connectivity index (χ3v) is 11.5. The minimum atomic E-state index is -0.266. The van der Waals surface area contributed by atoms with E-state index in [9.17, 15) is 15.3 Å². The van der Waals surface area contributed by atoms with Crippen LogP contribution in [0.15, 0.2) is 36.4 Å². The lowest BCUT2D eigenvalue weighted by Gasteiger charge is -2.30. The van der Waals surface area contributed by atoms with Crippen molar-refractivity contribution in [3.8, 4) is 17.2 Å². The van der Waals surface area contributed by atoms with Crippen molar-refractivity contribution in [1.82, 2.24) is 15.0 Å². The summed E-state index contributed by atoms with van der Waals surface area (Å²) < 4.78 is 0. The molecular formula is C52H80N6O3. The molecule has 0 saturated carbocycles. The maximum absolute atomic E-state index is 11.5. The first kappa shape index (κ1) is 49.1. The summed E-state index contributed by atoms with van der Waals surface area (Å²) >= 11 is 0. The highest BCUT2D eigenvalue weighted by Gasteiger charge is 2.30. The summed E-state index contributed by atoms with van der Waals surface area (Å²) in [6.45, 7) is 45.4. The molecule has 0 aliphatic rings. The molecule has 9 heteroatoms. The Kier molecular flexibility index (Phi) is 14.0. The van der Waals surface area contributed by atoms with Crippen LogP contribution < -0.4 is 15.1 Å². The van der Waals surface area contributed by atoms with E-state index in [1.807, 2.05) is 0 Å². The van der Waals surface area contributed by atoms with E-state index >= 15 is 0 Å². The highest BCUT2D eigenvalue weighted by molar-refractivity contribution is 5.55. The average molecular weight is 837 g/mol. The first-order valence-corrected chi connectivity index (χ1v) is 22.3. The number of phenolic OH excluding ortho intramolecular Hbond substituents is 3. The van der Waals surface area contributed by atoms with Gasteiger partial charge in [-0.1, -0.05) is 125 Å². The molecule has 1 aromatic heterocycles. The third kappa shape index (κ3) is 11.7. The van der Waals surface area contributed by atoms with Gasteiger partial charge in [-0.2, -0.15) is 15.0 Å². The highest BCUT2D eigenvalue weighted by atomic mass is 16.3. The second-order valence-corrected chi connectivity index (χ2v) is 23.3. The molecule has 3 aromatic carbocycles. The fourth-order valence-electron chi connectivity index (χ4n) is 7.78. The predicted octanol–water partition coefficient (Wildman–Crippen LogP) is 12.4. The largest absolute Gasteiger partial charge is 0.507 e. The summed E-state index contributed by atoms with van der Waals surface area (Å²) in [5, 5.41) is 38.1. The van der Waals surface area contributed by atoms with Crippen LogP contribution in [0.5, 0.6) is 17.2 Å². The highest BCUT2D eigenvalue weighted by Crippen LogP contribution is 2.43. The van der Waals surface area contributed by atoms with E-state index in [4.69, 9.17) is 15.0 Å². The van der Waals surface area contributed by atoms with Gasteiger partial charge in [0.2, 0.25) is 17.8 Å². The predicted molar refractivity (Wildman–Crippen MR) is 257 cm³/mol. The molecular weight excluding hydrogens is 757 g/mol. The van der Waals surface area contributed by atoms with Crippen molar-refractivity contribution < 1.29 is 15.3 Å². The van der Waals surface area contributed by atoms with Crippen molar-refractivity contribution in [2.75, 3.05) is 28.2 Å². The van der Waals surface area contributed by atoms with Crippen LogP contribution in [-0.4, -0.2) is 43.4 Å². The number of hydrogen-bond donors (Lipinski definition) is 4. The van der Waals surface area contributed by atoms with Crippen molar-refractivity contribution in [2.24, 2.45) is 0 Å². The standard InChI is InChI=1S/C52H80N6O3/c1-21-57(30-33-25-37(49(9,10)11)42(60)38(26-33)50(12,13)14)45-54-44(53-29-32-23-35(47(3,4)5)41(59)36(24-32)48(6,7)8)55-46(56-45)58(22-2)31-34-27-39(51(15,16)17)43(61)40(28-34)52(18,19)20/h23-28,59-61H,21-22,29-31H2,1-20H3,(H,53,54,55,56). The number of rotatable bonds is 11. The van der Waals surface area contributed by atoms with Gasteiger partial charge >= 0.3 is 0 Å². The van der Waals surface area contributed by atoms with Crippen LogP contribution in [0.3, 0.4) is 0 Å². The van der Waals surface area contributed by atoms with Crippen LogP contribution >= 0.6 is 0 Å². The Labute approximate surface area is 369 Å². The number of hydrogen-bond acceptors (Lipinski definition) is 9. The van der Waals surface area contributed by atoms with Gasteiger partial charge in [0.25, 0.3) is 0 Å². The van der Waals surface area contributed by atoms with Crippen molar-refractivity contribution >= 4 is 17.8 Å². The number of nitrogens with zero attached hydrogens (tertiary/aromatic N) is 5. The van der Waals surface area contributed by atoms with Gasteiger partial charge < -0.3 is 30.4 Å². The summed E-state index contributed by atoms with van der Waals surface area (Å²) in [4.78, 5) is 19.7. The lowest BCUT2D eigenvalue weighted by atomic mass is 9.78. The second-order valence-electron chi connectivity index (χ2n) is 23.3. The van der Waals surface area contributed by atoms with Gasteiger partial charge in [-0.05, 0) is 133 Å². The Morgan fingerprint density at radius 1 is 0.410 bits per heavy atom. The molecule has 336 valence electrons. The van der Waals surface area contributed by atoms with E-state index in [0.717, 1.165) is 50.1 Å². The van der Waals surface area contributed by atoms with Gasteiger partial charge in [0.05, 0.1) is 0 Å². The van der Waals surface area contributed by atoms with Crippen LogP contribution in [0.1, 0.15) is 189 Å². The number of aromatic hydroxyl groups is 3. The smallest absolute Gasteiger partial charge is 0.232 e. The normalized spacial score (nSPS) is 13.1. The molecule has 0 spiro atoms. The lowest BCUT2D eigenvalue weighted by molar-refractivity contribution is 0.421. The van der Waals surface area contributed by atoms with Crippen molar-refractivity contribution in [3.05, 3.63) is 86.5 Å². The van der Waals surface area contributed by atoms with E-state index in [1.165, 1.54) is 0 Å². The fourth-order valence-corrected chi connectivity index (χ4v) is 7.78. The van der Waals surface area contributed by atoms with E-state index < -0.39 is 0 Å². The number of nitrogens with one attached hydrogen (secondary N) is 1. The van der Waals surface area contributed by atoms with Crippen LogP contribution in [0.2, 0.25) is 0 Å². The number of benzene rings is 3. The first-order chi connectivity index (χ1) is 27.7. The molecule has 1 heterocycles. The molecule has 9 nitrogen and oxygen atoms in total. The second kappa shape index (κ2) is 17.3. The van der Waals surface area contributed by atoms with Crippen LogP contribution in [0.4, 0.5) is 17.8 Å². The average Bonchev–Trinajstić information content (AvgIpc) is 3.10. The Bertz CT molecular complexity index is 1970. The summed E-state index contributed by atoms with van der Waals surface area (Å²) in [5.74, 6) is 2.61. The maximum Gasteiger partial charge on any atom is 0.232 e. The fraction of sp³-hybridized carbons (Fsp3) is 0.596. The molecule has 4 N–H and O–H groups in total. The summed E-state index contributed by atoms with van der Waals surface area (Å²) in [6.07, 6.45) is 0. The molecule has 0 atom stereocenters. The van der Waals surface area contributed by atoms with Gasteiger partial charge in [-0.15, -0.1) is 0 Å². The maximum atomic E-state index is 11.5. The molecule has 0 amide bonds. The van der Waals surface area contributed by atoms with Gasteiger partial charge in [0, 0.05) is 32.7 Å². The molecule has 4 aromatic rings.